The number of anilines is 1. The molecule has 0 unspecified atom stereocenters. The first-order valence-electron chi connectivity index (χ1n) is 5.58. The van der Waals surface area contributed by atoms with Crippen molar-refractivity contribution < 1.29 is 0 Å². The number of nitrogens with two attached hydrogens (primary N) is 1. The average molecular weight is 247 g/mol. The second-order valence-corrected chi connectivity index (χ2v) is 4.96. The molecule has 17 heavy (non-hydrogen) atoms. The van der Waals surface area contributed by atoms with Gasteiger partial charge in [-0.15, -0.1) is 0 Å². The molecule has 2 heterocycles. The molecule has 3 nitrogen and oxygen atoms in total. The number of hydrogen-bond acceptors (Lipinski definition) is 4. The summed E-state index contributed by atoms with van der Waals surface area (Å²) in [7, 11) is 2.06. The van der Waals surface area contributed by atoms with E-state index in [0.717, 1.165) is 17.9 Å². The van der Waals surface area contributed by atoms with E-state index in [9.17, 15) is 0 Å². The van der Waals surface area contributed by atoms with Crippen molar-refractivity contribution in [3.8, 4) is 0 Å². The minimum Gasteiger partial charge on any atom is -0.355 e. The number of pyridine rings is 1. The Morgan fingerprint density at radius 1 is 1.41 bits per heavy atom. The van der Waals surface area contributed by atoms with Crippen LogP contribution in [0.2, 0.25) is 0 Å². The zero-order valence-electron chi connectivity index (χ0n) is 10.2. The Labute approximate surface area is 106 Å². The second-order valence-electron chi connectivity index (χ2n) is 4.18. The first-order valence-corrected chi connectivity index (χ1v) is 6.53. The van der Waals surface area contributed by atoms with Crippen LogP contribution in [0.3, 0.4) is 0 Å². The SMILES string of the molecule is Cc1cc(CN)cnc1N(C)Cc1ccsc1. The van der Waals surface area contributed by atoms with Crippen molar-refractivity contribution in [2.45, 2.75) is 20.0 Å². The average Bonchev–Trinajstić information content (AvgIpc) is 2.81. The third-order valence-electron chi connectivity index (χ3n) is 2.70. The Hall–Kier alpha value is -1.39. The molecule has 0 atom stereocenters. The van der Waals surface area contributed by atoms with Crippen molar-refractivity contribution in [1.82, 2.24) is 4.98 Å². The smallest absolute Gasteiger partial charge is 0.131 e. The summed E-state index contributed by atoms with van der Waals surface area (Å²) in [4.78, 5) is 6.64. The van der Waals surface area contributed by atoms with Gasteiger partial charge in [-0.05, 0) is 46.5 Å². The number of nitrogens with zero attached hydrogens (tertiary/aromatic N) is 2. The van der Waals surface area contributed by atoms with Crippen molar-refractivity contribution in [1.29, 1.82) is 0 Å². The summed E-state index contributed by atoms with van der Waals surface area (Å²) in [6.07, 6.45) is 1.85. The number of thiophene rings is 1. The standard InChI is InChI=1S/C13H17N3S/c1-10-5-12(6-14)7-15-13(10)16(2)8-11-3-4-17-9-11/h3-5,7,9H,6,8,14H2,1-2H3. The van der Waals surface area contributed by atoms with Crippen LogP contribution in [0, 0.1) is 6.92 Å². The van der Waals surface area contributed by atoms with Gasteiger partial charge in [0.25, 0.3) is 0 Å². The van der Waals surface area contributed by atoms with E-state index in [1.54, 1.807) is 11.3 Å². The third-order valence-corrected chi connectivity index (χ3v) is 3.44. The highest BCUT2D eigenvalue weighted by Gasteiger charge is 2.07. The predicted octanol–water partition coefficient (Wildman–Crippen LogP) is 2.55. The monoisotopic (exact) mass is 247 g/mol. The Bertz CT molecular complexity index is 479. The van der Waals surface area contributed by atoms with Crippen molar-refractivity contribution in [3.05, 3.63) is 45.8 Å². The largest absolute Gasteiger partial charge is 0.355 e. The molecule has 0 bridgehead atoms. The Morgan fingerprint density at radius 3 is 2.82 bits per heavy atom. The van der Waals surface area contributed by atoms with Crippen molar-refractivity contribution >= 4 is 17.2 Å². The van der Waals surface area contributed by atoms with Crippen LogP contribution in [-0.4, -0.2) is 12.0 Å². The second kappa shape index (κ2) is 5.29. The molecule has 90 valence electrons. The quantitative estimate of drug-likeness (QED) is 0.903. The zero-order valence-corrected chi connectivity index (χ0v) is 11.0. The topological polar surface area (TPSA) is 42.1 Å². The van der Waals surface area contributed by atoms with Crippen LogP contribution in [0.25, 0.3) is 0 Å². The summed E-state index contributed by atoms with van der Waals surface area (Å²) < 4.78 is 0. The van der Waals surface area contributed by atoms with Crippen LogP contribution in [0.5, 0.6) is 0 Å². The predicted molar refractivity (Wildman–Crippen MR) is 73.3 cm³/mol. The minimum absolute atomic E-state index is 0.544. The lowest BCUT2D eigenvalue weighted by molar-refractivity contribution is 0.888. The summed E-state index contributed by atoms with van der Waals surface area (Å²) in [5, 5.41) is 4.26. The van der Waals surface area contributed by atoms with Crippen LogP contribution in [0.4, 0.5) is 5.82 Å². The van der Waals surface area contributed by atoms with Crippen LogP contribution in [0.1, 0.15) is 16.7 Å². The van der Waals surface area contributed by atoms with Gasteiger partial charge in [-0.25, -0.2) is 4.98 Å². The highest BCUT2D eigenvalue weighted by Crippen LogP contribution is 2.19. The molecule has 2 rings (SSSR count). The zero-order chi connectivity index (χ0) is 12.3. The molecule has 0 aliphatic carbocycles. The molecule has 4 heteroatoms. The Kier molecular flexibility index (Phi) is 3.76. The van der Waals surface area contributed by atoms with E-state index in [1.165, 1.54) is 11.1 Å². The molecule has 0 saturated carbocycles. The van der Waals surface area contributed by atoms with Gasteiger partial charge in [-0.2, -0.15) is 11.3 Å². The van der Waals surface area contributed by atoms with Crippen LogP contribution in [-0.2, 0) is 13.1 Å². The van der Waals surface area contributed by atoms with Gasteiger partial charge in [0.1, 0.15) is 5.82 Å². The van der Waals surface area contributed by atoms with Gasteiger partial charge in [-0.3, -0.25) is 0 Å². The van der Waals surface area contributed by atoms with Gasteiger partial charge < -0.3 is 10.6 Å². The van der Waals surface area contributed by atoms with Gasteiger partial charge in [0, 0.05) is 26.3 Å². The maximum atomic E-state index is 5.60. The normalized spacial score (nSPS) is 10.5. The summed E-state index contributed by atoms with van der Waals surface area (Å²) in [6, 6.07) is 4.25. The lowest BCUT2D eigenvalue weighted by Crippen LogP contribution is -2.18. The Morgan fingerprint density at radius 2 is 2.24 bits per heavy atom. The molecule has 0 aromatic carbocycles. The van der Waals surface area contributed by atoms with E-state index in [1.807, 2.05) is 6.20 Å². The highest BCUT2D eigenvalue weighted by atomic mass is 32.1. The first-order chi connectivity index (χ1) is 8.20. The van der Waals surface area contributed by atoms with E-state index >= 15 is 0 Å². The number of aryl methyl sites for hydroxylation is 1. The lowest BCUT2D eigenvalue weighted by Gasteiger charge is -2.20. The fourth-order valence-corrected chi connectivity index (χ4v) is 2.53. The van der Waals surface area contributed by atoms with Crippen molar-refractivity contribution in [3.63, 3.8) is 0 Å². The molecule has 0 aliphatic heterocycles. The summed E-state index contributed by atoms with van der Waals surface area (Å²) in [5.74, 6) is 1.02. The first kappa shape index (κ1) is 12.1. The number of aromatic nitrogens is 1. The minimum atomic E-state index is 0.544. The molecule has 2 aromatic rings. The maximum absolute atomic E-state index is 5.60. The molecule has 0 fully saturated rings. The van der Waals surface area contributed by atoms with Crippen molar-refractivity contribution in [2.24, 2.45) is 5.73 Å². The maximum Gasteiger partial charge on any atom is 0.131 e. The number of rotatable bonds is 4. The molecular formula is C13H17N3S. The fraction of sp³-hybridized carbons (Fsp3) is 0.308. The summed E-state index contributed by atoms with van der Waals surface area (Å²) in [6.45, 7) is 3.51. The fourth-order valence-electron chi connectivity index (χ4n) is 1.87. The van der Waals surface area contributed by atoms with Gasteiger partial charge in [0.2, 0.25) is 0 Å². The summed E-state index contributed by atoms with van der Waals surface area (Å²) in [5.41, 5.74) is 9.17. The van der Waals surface area contributed by atoms with E-state index in [-0.39, 0.29) is 0 Å². The van der Waals surface area contributed by atoms with Gasteiger partial charge in [-0.1, -0.05) is 0 Å². The molecule has 0 aliphatic rings. The van der Waals surface area contributed by atoms with E-state index in [4.69, 9.17) is 5.73 Å². The van der Waals surface area contributed by atoms with E-state index < -0.39 is 0 Å². The third kappa shape index (κ3) is 2.84. The van der Waals surface area contributed by atoms with Gasteiger partial charge in [0.15, 0.2) is 0 Å². The van der Waals surface area contributed by atoms with Crippen molar-refractivity contribution in [2.75, 3.05) is 11.9 Å². The van der Waals surface area contributed by atoms with Crippen LogP contribution >= 0.6 is 11.3 Å². The summed E-state index contributed by atoms with van der Waals surface area (Å²) >= 11 is 1.72. The molecule has 0 amide bonds. The number of hydrogen-bond donors (Lipinski definition) is 1. The molecule has 0 radical (unpaired) electrons. The molecule has 2 N–H and O–H groups in total. The Balaban J connectivity index is 2.16. The molecular weight excluding hydrogens is 230 g/mol. The molecule has 2 aromatic heterocycles. The van der Waals surface area contributed by atoms with Crippen LogP contribution < -0.4 is 10.6 Å². The molecule has 0 saturated heterocycles. The van der Waals surface area contributed by atoms with Crippen LogP contribution in [0.15, 0.2) is 29.1 Å². The van der Waals surface area contributed by atoms with E-state index in [0.29, 0.717) is 6.54 Å². The van der Waals surface area contributed by atoms with Gasteiger partial charge >= 0.3 is 0 Å². The van der Waals surface area contributed by atoms with Gasteiger partial charge in [0.05, 0.1) is 0 Å². The highest BCUT2D eigenvalue weighted by molar-refractivity contribution is 7.07. The van der Waals surface area contributed by atoms with E-state index in [2.05, 4.69) is 46.7 Å². The molecule has 0 spiro atoms. The lowest BCUT2D eigenvalue weighted by atomic mass is 10.2.